The van der Waals surface area contributed by atoms with Gasteiger partial charge in [0.15, 0.2) is 0 Å². The van der Waals surface area contributed by atoms with Gasteiger partial charge in [0.2, 0.25) is 10.3 Å². The summed E-state index contributed by atoms with van der Waals surface area (Å²) in [5, 5.41) is 6.83. The Morgan fingerprint density at radius 2 is 0.729 bits per heavy atom. The zero-order valence-corrected chi connectivity index (χ0v) is 26.1. The maximum atomic E-state index is 14.1. The average Bonchev–Trinajstić information content (AvgIpc) is 3.73. The van der Waals surface area contributed by atoms with Crippen LogP contribution in [0.5, 0.6) is 0 Å². The molecule has 0 radical (unpaired) electrons. The molecule has 0 saturated carbocycles. The minimum absolute atomic E-state index is 0.337. The van der Waals surface area contributed by atoms with E-state index in [-0.39, 0.29) is 0 Å². The Labute approximate surface area is 277 Å². The van der Waals surface area contributed by atoms with E-state index in [4.69, 9.17) is 0 Å². The molecule has 0 unspecified atom stereocenters. The smallest absolute Gasteiger partial charge is 0.267 e. The first-order chi connectivity index (χ1) is 23.5. The minimum atomic E-state index is -0.419. The van der Waals surface area contributed by atoms with Crippen LogP contribution >= 0.6 is 22.7 Å². The number of hydrogen-bond acceptors (Lipinski definition) is 8. The molecule has 0 bridgehead atoms. The summed E-state index contributed by atoms with van der Waals surface area (Å²) in [4.78, 5) is 67.8. The van der Waals surface area contributed by atoms with Crippen LogP contribution in [-0.2, 0) is 0 Å². The topological polar surface area (TPSA) is 101 Å². The molecule has 0 atom stereocenters. The van der Waals surface area contributed by atoms with Crippen LogP contribution in [-0.4, -0.2) is 33.6 Å². The fourth-order valence-corrected chi connectivity index (χ4v) is 9.45. The predicted octanol–water partition coefficient (Wildman–Crippen LogP) is 8.56. The molecule has 48 heavy (non-hydrogen) atoms. The van der Waals surface area contributed by atoms with E-state index in [0.717, 1.165) is 52.8 Å². The maximum Gasteiger partial charge on any atom is 0.267 e. The number of aromatic nitrogens is 2. The Bertz CT molecular complexity index is 2630. The summed E-state index contributed by atoms with van der Waals surface area (Å²) >= 11 is 2.61. The monoisotopic (exact) mass is 656 g/mol. The van der Waals surface area contributed by atoms with Crippen LogP contribution in [0, 0.1) is 0 Å². The van der Waals surface area contributed by atoms with Crippen molar-refractivity contribution >= 4 is 120 Å². The van der Waals surface area contributed by atoms with Crippen molar-refractivity contribution in [3.63, 3.8) is 0 Å². The van der Waals surface area contributed by atoms with Gasteiger partial charge in [-0.1, -0.05) is 71.2 Å². The standard InChI is InChI=1S/C38H16N4O4S2/c43-33-21-13-9-17-19-11-15-23-32-24(36(46)42(35(23)45)38-40-26-6-2-4-8-28(26)48-38)16-12-20(30(19)32)18-10-14-22(31(21)29(17)18)34(44)41(33)37-39-25-5-1-3-7-27(25)47-37/h1-16H. The number of benzene rings is 7. The predicted molar refractivity (Wildman–Crippen MR) is 189 cm³/mol. The van der Waals surface area contributed by atoms with Gasteiger partial charge in [-0.2, -0.15) is 0 Å². The number of amides is 4. The lowest BCUT2D eigenvalue weighted by atomic mass is 9.82. The third-order valence-electron chi connectivity index (χ3n) is 9.58. The molecular weight excluding hydrogens is 641 g/mol. The van der Waals surface area contributed by atoms with E-state index in [1.165, 1.54) is 32.5 Å². The van der Waals surface area contributed by atoms with Crippen molar-refractivity contribution in [1.82, 2.24) is 9.97 Å². The second-order valence-electron chi connectivity index (χ2n) is 12.0. The van der Waals surface area contributed by atoms with Gasteiger partial charge in [0.05, 0.1) is 20.4 Å². The van der Waals surface area contributed by atoms with Crippen molar-refractivity contribution in [3.8, 4) is 0 Å². The van der Waals surface area contributed by atoms with E-state index < -0.39 is 23.6 Å². The van der Waals surface area contributed by atoms with Gasteiger partial charge in [0.25, 0.3) is 23.6 Å². The number of para-hydroxylation sites is 2. The van der Waals surface area contributed by atoms with Crippen molar-refractivity contribution < 1.29 is 19.2 Å². The summed E-state index contributed by atoms with van der Waals surface area (Å²) in [6.45, 7) is 0. The highest BCUT2D eigenvalue weighted by molar-refractivity contribution is 7.23. The number of anilines is 2. The lowest BCUT2D eigenvalue weighted by molar-refractivity contribution is 0.0877. The fourth-order valence-electron chi connectivity index (χ4n) is 7.53. The van der Waals surface area contributed by atoms with Gasteiger partial charge in [-0.25, -0.2) is 19.8 Å². The van der Waals surface area contributed by atoms with Gasteiger partial charge >= 0.3 is 0 Å². The summed E-state index contributed by atoms with van der Waals surface area (Å²) < 4.78 is 1.78. The highest BCUT2D eigenvalue weighted by Gasteiger charge is 2.39. The van der Waals surface area contributed by atoms with Crippen molar-refractivity contribution in [2.24, 2.45) is 0 Å². The molecule has 8 nitrogen and oxygen atoms in total. The first kappa shape index (κ1) is 26.0. The normalized spacial score (nSPS) is 14.8. The molecule has 4 heterocycles. The Morgan fingerprint density at radius 1 is 0.396 bits per heavy atom. The molecule has 10 heteroatoms. The summed E-state index contributed by atoms with van der Waals surface area (Å²) in [5.74, 6) is -1.68. The highest BCUT2D eigenvalue weighted by Crippen LogP contribution is 2.47. The minimum Gasteiger partial charge on any atom is -0.268 e. The van der Waals surface area contributed by atoms with Crippen LogP contribution < -0.4 is 9.80 Å². The molecule has 2 aliphatic heterocycles. The van der Waals surface area contributed by atoms with E-state index >= 15 is 0 Å². The van der Waals surface area contributed by atoms with Crippen LogP contribution in [0.1, 0.15) is 41.4 Å². The average molecular weight is 657 g/mol. The fraction of sp³-hybridized carbons (Fsp3) is 0. The molecule has 2 aromatic heterocycles. The number of rotatable bonds is 2. The lowest BCUT2D eigenvalue weighted by Crippen LogP contribution is -2.40. The number of nitrogens with zero attached hydrogens (tertiary/aromatic N) is 4. The second kappa shape index (κ2) is 8.82. The third kappa shape index (κ3) is 3.08. The molecule has 0 N–H and O–H groups in total. The molecule has 11 rings (SSSR count). The molecule has 224 valence electrons. The van der Waals surface area contributed by atoms with Crippen LogP contribution in [0.2, 0.25) is 0 Å². The first-order valence-electron chi connectivity index (χ1n) is 15.2. The van der Waals surface area contributed by atoms with Crippen molar-refractivity contribution in [2.75, 3.05) is 9.80 Å². The van der Waals surface area contributed by atoms with Gasteiger partial charge in [0, 0.05) is 33.0 Å². The number of thiazole rings is 2. The number of hydrogen-bond donors (Lipinski definition) is 0. The number of carbonyl (C=O) groups is 4. The maximum absolute atomic E-state index is 14.1. The molecule has 9 aromatic rings. The molecule has 7 aromatic carbocycles. The summed E-state index contributed by atoms with van der Waals surface area (Å²) in [7, 11) is 0. The molecular formula is C38H16N4O4S2. The van der Waals surface area contributed by atoms with E-state index in [0.29, 0.717) is 43.3 Å². The van der Waals surface area contributed by atoms with E-state index in [1.807, 2.05) is 72.8 Å². The van der Waals surface area contributed by atoms with Crippen LogP contribution in [0.15, 0.2) is 97.1 Å². The third-order valence-corrected chi connectivity index (χ3v) is 11.6. The number of imide groups is 2. The van der Waals surface area contributed by atoms with E-state index in [9.17, 15) is 19.2 Å². The number of fused-ring (bicyclic) bond motifs is 4. The zero-order valence-electron chi connectivity index (χ0n) is 24.5. The van der Waals surface area contributed by atoms with E-state index in [1.54, 1.807) is 24.3 Å². The van der Waals surface area contributed by atoms with Gasteiger partial charge in [-0.05, 0) is 80.8 Å². The lowest BCUT2D eigenvalue weighted by Gasteiger charge is -2.28. The van der Waals surface area contributed by atoms with Crippen molar-refractivity contribution in [3.05, 3.63) is 119 Å². The first-order valence-corrected chi connectivity index (χ1v) is 16.8. The highest BCUT2D eigenvalue weighted by atomic mass is 32.1. The summed E-state index contributed by atoms with van der Waals surface area (Å²) in [6.07, 6.45) is 0. The molecule has 2 aliphatic rings. The quantitative estimate of drug-likeness (QED) is 0.105. The van der Waals surface area contributed by atoms with Crippen LogP contribution in [0.4, 0.5) is 10.3 Å². The van der Waals surface area contributed by atoms with Gasteiger partial charge in [0.1, 0.15) is 0 Å². The zero-order chi connectivity index (χ0) is 32.0. The SMILES string of the molecule is O=C1c2ccc3c4ccc5c6c(ccc(c7ccc(c2c37)C(=O)N1c1nc2ccccc2s1)c64)C(=O)N(c1nc2ccccc2s1)C5=O. The largest absolute Gasteiger partial charge is 0.268 e. The van der Waals surface area contributed by atoms with Crippen molar-refractivity contribution in [1.29, 1.82) is 0 Å². The summed E-state index contributed by atoms with van der Waals surface area (Å²) in [5.41, 5.74) is 3.16. The molecule has 0 aliphatic carbocycles. The van der Waals surface area contributed by atoms with Gasteiger partial charge in [-0.3, -0.25) is 19.2 Å². The Balaban J connectivity index is 1.14. The molecule has 0 fully saturated rings. The van der Waals surface area contributed by atoms with Crippen LogP contribution in [0.3, 0.4) is 0 Å². The van der Waals surface area contributed by atoms with E-state index in [2.05, 4.69) is 9.97 Å². The number of carbonyl (C=O) groups excluding carboxylic acids is 4. The van der Waals surface area contributed by atoms with Crippen molar-refractivity contribution in [2.45, 2.75) is 0 Å². The Hall–Kier alpha value is -6.10. The second-order valence-corrected chi connectivity index (χ2v) is 14.0. The van der Waals surface area contributed by atoms with Gasteiger partial charge < -0.3 is 0 Å². The Morgan fingerprint density at radius 3 is 1.06 bits per heavy atom. The Kier molecular flexibility index (Phi) is 4.78. The van der Waals surface area contributed by atoms with Crippen LogP contribution in [0.25, 0.3) is 63.5 Å². The summed E-state index contributed by atoms with van der Waals surface area (Å²) in [6, 6.07) is 29.8. The van der Waals surface area contributed by atoms with Gasteiger partial charge in [-0.15, -0.1) is 0 Å². The molecule has 0 saturated heterocycles. The molecule has 4 amide bonds. The molecule has 0 spiro atoms.